The van der Waals surface area contributed by atoms with Gasteiger partial charge in [0.1, 0.15) is 9.88 Å². The Kier molecular flexibility index (Phi) is 4.32. The third-order valence-electron chi connectivity index (χ3n) is 4.36. The molecule has 3 aromatic rings. The third kappa shape index (κ3) is 3.46. The van der Waals surface area contributed by atoms with Gasteiger partial charge in [-0.25, -0.2) is 4.98 Å². The van der Waals surface area contributed by atoms with Crippen molar-refractivity contribution in [2.75, 3.05) is 0 Å². The average Bonchev–Trinajstić information content (AvgIpc) is 3.42. The second-order valence-corrected chi connectivity index (χ2v) is 7.32. The monoisotopic (exact) mass is 349 g/mol. The Morgan fingerprint density at radius 1 is 1.16 bits per heavy atom. The number of hydrogen-bond donors (Lipinski definition) is 0. The number of nitrogens with zero attached hydrogens (tertiary/aromatic N) is 3. The summed E-state index contributed by atoms with van der Waals surface area (Å²) in [5.41, 5.74) is 2.98. The van der Waals surface area contributed by atoms with E-state index in [4.69, 9.17) is 0 Å². The molecule has 0 spiro atoms. The average molecular weight is 349 g/mol. The molecule has 1 saturated carbocycles. The maximum absolute atomic E-state index is 13.2. The van der Waals surface area contributed by atoms with Crippen LogP contribution in [0.25, 0.3) is 10.6 Å². The van der Waals surface area contributed by atoms with Crippen molar-refractivity contribution < 1.29 is 4.79 Å². The van der Waals surface area contributed by atoms with Crippen LogP contribution in [0.1, 0.15) is 33.8 Å². The van der Waals surface area contributed by atoms with Gasteiger partial charge in [-0.3, -0.25) is 9.78 Å². The molecule has 1 fully saturated rings. The predicted octanol–water partition coefficient (Wildman–Crippen LogP) is 4.32. The summed E-state index contributed by atoms with van der Waals surface area (Å²) in [6.07, 6.45) is 5.72. The highest BCUT2D eigenvalue weighted by Crippen LogP contribution is 2.33. The van der Waals surface area contributed by atoms with E-state index in [0.717, 1.165) is 39.5 Å². The molecule has 2 heterocycles. The van der Waals surface area contributed by atoms with Crippen molar-refractivity contribution in [1.29, 1.82) is 0 Å². The molecule has 5 heteroatoms. The molecular weight excluding hydrogens is 330 g/mol. The molecule has 0 atom stereocenters. The van der Waals surface area contributed by atoms with Crippen LogP contribution in [-0.2, 0) is 6.54 Å². The van der Waals surface area contributed by atoms with Crippen molar-refractivity contribution in [3.8, 4) is 10.6 Å². The lowest BCUT2D eigenvalue weighted by Gasteiger charge is -2.22. The van der Waals surface area contributed by atoms with Gasteiger partial charge in [0.05, 0.1) is 5.69 Å². The van der Waals surface area contributed by atoms with Crippen LogP contribution in [0, 0.1) is 6.92 Å². The van der Waals surface area contributed by atoms with Crippen molar-refractivity contribution in [3.05, 3.63) is 71.0 Å². The van der Waals surface area contributed by atoms with E-state index in [0.29, 0.717) is 12.6 Å². The second-order valence-electron chi connectivity index (χ2n) is 6.32. The zero-order chi connectivity index (χ0) is 17.2. The minimum atomic E-state index is 0.0940. The number of thiazole rings is 1. The molecule has 0 saturated heterocycles. The van der Waals surface area contributed by atoms with E-state index in [1.165, 1.54) is 11.3 Å². The molecule has 25 heavy (non-hydrogen) atoms. The number of aryl methyl sites for hydroxylation is 1. The lowest BCUT2D eigenvalue weighted by atomic mass is 10.2. The fraction of sp³-hybridized carbons (Fsp3) is 0.250. The Morgan fingerprint density at radius 2 is 1.88 bits per heavy atom. The maximum Gasteiger partial charge on any atom is 0.266 e. The summed E-state index contributed by atoms with van der Waals surface area (Å²) in [6, 6.07) is 14.3. The number of pyridine rings is 1. The normalized spacial score (nSPS) is 13.6. The molecule has 0 N–H and O–H groups in total. The minimum Gasteiger partial charge on any atom is -0.331 e. The van der Waals surface area contributed by atoms with E-state index < -0.39 is 0 Å². The van der Waals surface area contributed by atoms with Crippen LogP contribution in [0.4, 0.5) is 0 Å². The van der Waals surface area contributed by atoms with Gasteiger partial charge in [0.25, 0.3) is 5.91 Å². The van der Waals surface area contributed by atoms with E-state index in [2.05, 4.69) is 9.97 Å². The maximum atomic E-state index is 13.2. The van der Waals surface area contributed by atoms with Crippen molar-refractivity contribution in [2.24, 2.45) is 0 Å². The van der Waals surface area contributed by atoms with E-state index in [1.54, 1.807) is 12.4 Å². The minimum absolute atomic E-state index is 0.0940. The van der Waals surface area contributed by atoms with E-state index in [-0.39, 0.29) is 5.91 Å². The second kappa shape index (κ2) is 6.76. The van der Waals surface area contributed by atoms with Crippen molar-refractivity contribution in [3.63, 3.8) is 0 Å². The lowest BCUT2D eigenvalue weighted by Crippen LogP contribution is -2.32. The molecular formula is C20H19N3OS. The SMILES string of the molecule is Cc1nc(-c2ccccc2)sc1C(=O)N(Cc1ccncc1)C1CC1. The first-order chi connectivity index (χ1) is 12.2. The molecule has 0 unspecified atom stereocenters. The summed E-state index contributed by atoms with van der Waals surface area (Å²) in [6.45, 7) is 2.55. The zero-order valence-corrected chi connectivity index (χ0v) is 14.9. The number of aromatic nitrogens is 2. The molecule has 1 aromatic carbocycles. The van der Waals surface area contributed by atoms with Crippen LogP contribution in [0.2, 0.25) is 0 Å². The zero-order valence-electron chi connectivity index (χ0n) is 14.1. The fourth-order valence-corrected chi connectivity index (χ4v) is 3.90. The molecule has 0 aliphatic heterocycles. The Balaban J connectivity index is 1.61. The molecule has 126 valence electrons. The first-order valence-electron chi connectivity index (χ1n) is 8.45. The summed E-state index contributed by atoms with van der Waals surface area (Å²) in [7, 11) is 0. The molecule has 2 aromatic heterocycles. The predicted molar refractivity (Wildman–Crippen MR) is 99.4 cm³/mol. The number of benzene rings is 1. The first kappa shape index (κ1) is 16.0. The number of carbonyl (C=O) groups excluding carboxylic acids is 1. The van der Waals surface area contributed by atoms with Gasteiger partial charge in [-0.05, 0) is 37.5 Å². The molecule has 1 aliphatic carbocycles. The van der Waals surface area contributed by atoms with E-state index >= 15 is 0 Å². The molecule has 0 bridgehead atoms. The van der Waals surface area contributed by atoms with Crippen LogP contribution >= 0.6 is 11.3 Å². The summed E-state index contributed by atoms with van der Waals surface area (Å²) in [5, 5.41) is 0.904. The standard InChI is InChI=1S/C20H19N3OS/c1-14-18(25-19(22-14)16-5-3-2-4-6-16)20(24)23(17-7-8-17)13-15-9-11-21-12-10-15/h2-6,9-12,17H,7-8,13H2,1H3. The van der Waals surface area contributed by atoms with Gasteiger partial charge in [-0.2, -0.15) is 0 Å². The highest BCUT2D eigenvalue weighted by Gasteiger charge is 2.34. The van der Waals surface area contributed by atoms with Gasteiger partial charge < -0.3 is 4.90 Å². The summed E-state index contributed by atoms with van der Waals surface area (Å²) < 4.78 is 0. The summed E-state index contributed by atoms with van der Waals surface area (Å²) in [5.74, 6) is 0.0940. The molecule has 0 radical (unpaired) electrons. The lowest BCUT2D eigenvalue weighted by molar-refractivity contribution is 0.0734. The quantitative estimate of drug-likeness (QED) is 0.689. The van der Waals surface area contributed by atoms with Gasteiger partial charge in [0.2, 0.25) is 0 Å². The number of amides is 1. The Bertz CT molecular complexity index is 872. The summed E-state index contributed by atoms with van der Waals surface area (Å²) in [4.78, 5) is 24.6. The van der Waals surface area contributed by atoms with Crippen molar-refractivity contribution in [1.82, 2.24) is 14.9 Å². The number of rotatable bonds is 5. The Morgan fingerprint density at radius 3 is 2.56 bits per heavy atom. The van der Waals surface area contributed by atoms with E-state index in [9.17, 15) is 4.79 Å². The largest absolute Gasteiger partial charge is 0.331 e. The molecule has 4 rings (SSSR count). The van der Waals surface area contributed by atoms with Crippen LogP contribution in [0.5, 0.6) is 0 Å². The topological polar surface area (TPSA) is 46.1 Å². The van der Waals surface area contributed by atoms with Gasteiger partial charge in [-0.15, -0.1) is 11.3 Å². The fourth-order valence-electron chi connectivity index (χ4n) is 2.87. The van der Waals surface area contributed by atoms with Crippen molar-refractivity contribution >= 4 is 17.2 Å². The van der Waals surface area contributed by atoms with Gasteiger partial charge in [-0.1, -0.05) is 30.3 Å². The van der Waals surface area contributed by atoms with E-state index in [1.807, 2.05) is 54.3 Å². The van der Waals surface area contributed by atoms with Crippen LogP contribution in [-0.4, -0.2) is 26.8 Å². The van der Waals surface area contributed by atoms with Crippen molar-refractivity contribution in [2.45, 2.75) is 32.4 Å². The molecule has 1 amide bonds. The molecule has 4 nitrogen and oxygen atoms in total. The van der Waals surface area contributed by atoms with Crippen LogP contribution in [0.3, 0.4) is 0 Å². The Hall–Kier alpha value is -2.53. The Labute approximate surface area is 151 Å². The van der Waals surface area contributed by atoms with Gasteiger partial charge >= 0.3 is 0 Å². The van der Waals surface area contributed by atoms with Gasteiger partial charge in [0.15, 0.2) is 0 Å². The highest BCUT2D eigenvalue weighted by atomic mass is 32.1. The molecule has 1 aliphatic rings. The van der Waals surface area contributed by atoms with Crippen LogP contribution < -0.4 is 0 Å². The van der Waals surface area contributed by atoms with Crippen LogP contribution in [0.15, 0.2) is 54.9 Å². The third-order valence-corrected chi connectivity index (χ3v) is 5.56. The number of carbonyl (C=O) groups is 1. The smallest absolute Gasteiger partial charge is 0.266 e. The number of hydrogen-bond acceptors (Lipinski definition) is 4. The first-order valence-corrected chi connectivity index (χ1v) is 9.27. The van der Waals surface area contributed by atoms with Gasteiger partial charge in [0, 0.05) is 30.5 Å². The highest BCUT2D eigenvalue weighted by molar-refractivity contribution is 7.17. The summed E-state index contributed by atoms with van der Waals surface area (Å²) >= 11 is 1.49.